The maximum absolute atomic E-state index is 11.7. The number of rotatable bonds is 4. The summed E-state index contributed by atoms with van der Waals surface area (Å²) in [7, 11) is 5.33. The average molecular weight is 293 g/mol. The highest BCUT2D eigenvalue weighted by Crippen LogP contribution is 2.33. The summed E-state index contributed by atoms with van der Waals surface area (Å²) in [5, 5.41) is 9.97. The Labute approximate surface area is 125 Å². The van der Waals surface area contributed by atoms with Gasteiger partial charge in [0.15, 0.2) is 0 Å². The van der Waals surface area contributed by atoms with Crippen molar-refractivity contribution in [3.8, 4) is 0 Å². The summed E-state index contributed by atoms with van der Waals surface area (Å²) in [6.45, 7) is 1.34. The molecule has 1 fully saturated rings. The van der Waals surface area contributed by atoms with Crippen molar-refractivity contribution in [2.75, 3.05) is 44.9 Å². The summed E-state index contributed by atoms with van der Waals surface area (Å²) in [6, 6.07) is 5.49. The van der Waals surface area contributed by atoms with Crippen molar-refractivity contribution in [2.24, 2.45) is 0 Å². The number of esters is 1. The summed E-state index contributed by atoms with van der Waals surface area (Å²) < 4.78 is 4.75. The number of aliphatic hydroxyl groups excluding tert-OH is 1. The zero-order chi connectivity index (χ0) is 15.6. The monoisotopic (exact) mass is 293 g/mol. The van der Waals surface area contributed by atoms with Crippen molar-refractivity contribution in [3.05, 3.63) is 23.8 Å². The minimum atomic E-state index is -0.446. The van der Waals surface area contributed by atoms with E-state index in [1.807, 2.05) is 20.2 Å². The Morgan fingerprint density at radius 2 is 2.24 bits per heavy atom. The van der Waals surface area contributed by atoms with Crippen molar-refractivity contribution < 1.29 is 14.6 Å². The van der Waals surface area contributed by atoms with Crippen LogP contribution in [0.1, 0.15) is 16.8 Å². The van der Waals surface area contributed by atoms with Gasteiger partial charge in [-0.3, -0.25) is 0 Å². The number of benzene rings is 1. The molecule has 2 atom stereocenters. The van der Waals surface area contributed by atoms with Crippen molar-refractivity contribution >= 4 is 17.3 Å². The Morgan fingerprint density at radius 3 is 2.86 bits per heavy atom. The standard InChI is InChI=1S/C15H23N3O3/c1-17(2)8-10-7-11(19)9-18(10)13-6-4-5-12(14(13)16)15(20)21-3/h4-6,10-11,19H,7-9,16H2,1-3H3. The Morgan fingerprint density at radius 1 is 1.52 bits per heavy atom. The number of aliphatic hydroxyl groups is 1. The van der Waals surface area contributed by atoms with Gasteiger partial charge in [-0.25, -0.2) is 4.79 Å². The molecule has 1 aliphatic heterocycles. The Kier molecular flexibility index (Phi) is 4.69. The van der Waals surface area contributed by atoms with Gasteiger partial charge in [0.25, 0.3) is 0 Å². The predicted octanol–water partition coefficient (Wildman–Crippen LogP) is 0.557. The molecule has 0 radical (unpaired) electrons. The fourth-order valence-corrected chi connectivity index (χ4v) is 2.87. The first kappa shape index (κ1) is 15.6. The summed E-state index contributed by atoms with van der Waals surface area (Å²) in [6.07, 6.45) is 0.316. The molecule has 1 saturated heterocycles. The molecule has 6 nitrogen and oxygen atoms in total. The van der Waals surface area contributed by atoms with E-state index in [-0.39, 0.29) is 12.1 Å². The van der Waals surface area contributed by atoms with Crippen LogP contribution in [0.3, 0.4) is 0 Å². The molecule has 0 aliphatic carbocycles. The molecule has 1 aromatic carbocycles. The topological polar surface area (TPSA) is 79.0 Å². The highest BCUT2D eigenvalue weighted by molar-refractivity contribution is 5.98. The first-order chi connectivity index (χ1) is 9.93. The number of carbonyl (C=O) groups is 1. The van der Waals surface area contributed by atoms with Gasteiger partial charge < -0.3 is 25.4 Å². The van der Waals surface area contributed by atoms with Gasteiger partial charge in [0.2, 0.25) is 0 Å². The average Bonchev–Trinajstić information content (AvgIpc) is 2.78. The third kappa shape index (κ3) is 3.28. The molecule has 0 amide bonds. The second kappa shape index (κ2) is 6.32. The van der Waals surface area contributed by atoms with E-state index in [9.17, 15) is 9.90 Å². The maximum Gasteiger partial charge on any atom is 0.340 e. The summed E-state index contributed by atoms with van der Waals surface area (Å²) in [4.78, 5) is 15.9. The fraction of sp³-hybridized carbons (Fsp3) is 0.533. The third-order valence-corrected chi connectivity index (χ3v) is 3.77. The molecule has 0 aromatic heterocycles. The largest absolute Gasteiger partial charge is 0.465 e. The number of likely N-dealkylation sites (N-methyl/N-ethyl adjacent to an activating group) is 1. The summed E-state index contributed by atoms with van der Waals surface area (Å²) >= 11 is 0. The normalized spacial score (nSPS) is 21.9. The Bertz CT molecular complexity index is 519. The lowest BCUT2D eigenvalue weighted by molar-refractivity contribution is 0.0602. The SMILES string of the molecule is COC(=O)c1cccc(N2CC(O)CC2CN(C)C)c1N. The van der Waals surface area contributed by atoms with Gasteiger partial charge in [-0.1, -0.05) is 6.07 Å². The Balaban J connectivity index is 2.34. The number of anilines is 2. The zero-order valence-electron chi connectivity index (χ0n) is 12.7. The molecule has 2 unspecified atom stereocenters. The van der Waals surface area contributed by atoms with E-state index in [2.05, 4.69) is 9.80 Å². The molecule has 0 bridgehead atoms. The van der Waals surface area contributed by atoms with E-state index in [1.54, 1.807) is 12.1 Å². The zero-order valence-corrected chi connectivity index (χ0v) is 12.7. The number of nitrogens with zero attached hydrogens (tertiary/aromatic N) is 2. The van der Waals surface area contributed by atoms with Crippen LogP contribution < -0.4 is 10.6 Å². The van der Waals surface area contributed by atoms with E-state index in [4.69, 9.17) is 10.5 Å². The number of methoxy groups -OCH3 is 1. The van der Waals surface area contributed by atoms with E-state index >= 15 is 0 Å². The molecule has 2 rings (SSSR count). The number of nitrogen functional groups attached to an aromatic ring is 1. The highest BCUT2D eigenvalue weighted by atomic mass is 16.5. The van der Waals surface area contributed by atoms with Gasteiger partial charge in [0, 0.05) is 19.1 Å². The van der Waals surface area contributed by atoms with Crippen molar-refractivity contribution in [2.45, 2.75) is 18.6 Å². The van der Waals surface area contributed by atoms with Gasteiger partial charge in [-0.2, -0.15) is 0 Å². The Hall–Kier alpha value is -1.79. The predicted molar refractivity (Wildman–Crippen MR) is 82.5 cm³/mol. The van der Waals surface area contributed by atoms with Crippen LogP contribution in [-0.4, -0.2) is 62.4 Å². The highest BCUT2D eigenvalue weighted by Gasteiger charge is 2.33. The summed E-state index contributed by atoms with van der Waals surface area (Å²) in [5.41, 5.74) is 7.69. The van der Waals surface area contributed by atoms with Crippen LogP contribution in [0.2, 0.25) is 0 Å². The van der Waals surface area contributed by atoms with Gasteiger partial charge in [0.05, 0.1) is 30.2 Å². The third-order valence-electron chi connectivity index (χ3n) is 3.77. The maximum atomic E-state index is 11.7. The smallest absolute Gasteiger partial charge is 0.340 e. The van der Waals surface area contributed by atoms with Crippen LogP contribution in [-0.2, 0) is 4.74 Å². The van der Waals surface area contributed by atoms with Gasteiger partial charge >= 0.3 is 5.97 Å². The van der Waals surface area contributed by atoms with Gasteiger partial charge in [-0.15, -0.1) is 0 Å². The quantitative estimate of drug-likeness (QED) is 0.624. The first-order valence-corrected chi connectivity index (χ1v) is 7.00. The first-order valence-electron chi connectivity index (χ1n) is 7.00. The van der Waals surface area contributed by atoms with Crippen LogP contribution in [0.4, 0.5) is 11.4 Å². The molecule has 1 heterocycles. The molecule has 3 N–H and O–H groups in total. The van der Waals surface area contributed by atoms with Crippen molar-refractivity contribution in [3.63, 3.8) is 0 Å². The lowest BCUT2D eigenvalue weighted by Gasteiger charge is -2.30. The van der Waals surface area contributed by atoms with Crippen LogP contribution in [0.25, 0.3) is 0 Å². The molecule has 6 heteroatoms. The number of para-hydroxylation sites is 1. The number of nitrogens with two attached hydrogens (primary N) is 1. The second-order valence-corrected chi connectivity index (χ2v) is 5.69. The van der Waals surface area contributed by atoms with E-state index < -0.39 is 5.97 Å². The van der Waals surface area contributed by atoms with Crippen LogP contribution in [0.5, 0.6) is 0 Å². The molecule has 1 aliphatic rings. The lowest BCUT2D eigenvalue weighted by atomic mass is 10.1. The summed E-state index contributed by atoms with van der Waals surface area (Å²) in [5.74, 6) is -0.446. The fourth-order valence-electron chi connectivity index (χ4n) is 2.87. The molecular formula is C15H23N3O3. The van der Waals surface area contributed by atoms with Crippen molar-refractivity contribution in [1.82, 2.24) is 4.90 Å². The molecule has 116 valence electrons. The molecule has 0 spiro atoms. The van der Waals surface area contributed by atoms with E-state index in [0.717, 1.165) is 12.2 Å². The number of carbonyl (C=O) groups excluding carboxylic acids is 1. The minimum Gasteiger partial charge on any atom is -0.465 e. The van der Waals surface area contributed by atoms with E-state index in [1.165, 1.54) is 7.11 Å². The molecule has 0 saturated carbocycles. The number of hydrogen-bond donors (Lipinski definition) is 2. The number of β-amino-alcohol motifs (C(OH)–C–C–N with tert-alkyl or cyclic N) is 1. The van der Waals surface area contributed by atoms with E-state index in [0.29, 0.717) is 24.2 Å². The van der Waals surface area contributed by atoms with Gasteiger partial charge in [0.1, 0.15) is 0 Å². The minimum absolute atomic E-state index is 0.171. The molecular weight excluding hydrogens is 270 g/mol. The number of ether oxygens (including phenoxy) is 1. The lowest BCUT2D eigenvalue weighted by Crippen LogP contribution is -2.38. The molecule has 21 heavy (non-hydrogen) atoms. The molecule has 1 aromatic rings. The van der Waals surface area contributed by atoms with Crippen LogP contribution in [0, 0.1) is 0 Å². The van der Waals surface area contributed by atoms with Crippen LogP contribution in [0.15, 0.2) is 18.2 Å². The number of hydrogen-bond acceptors (Lipinski definition) is 6. The van der Waals surface area contributed by atoms with Crippen LogP contribution >= 0.6 is 0 Å². The van der Waals surface area contributed by atoms with Crippen molar-refractivity contribution in [1.29, 1.82) is 0 Å². The second-order valence-electron chi connectivity index (χ2n) is 5.69. The van der Waals surface area contributed by atoms with Gasteiger partial charge in [-0.05, 0) is 32.6 Å².